The van der Waals surface area contributed by atoms with Gasteiger partial charge in [-0.15, -0.1) is 0 Å². The monoisotopic (exact) mass is 372 g/mol. The second kappa shape index (κ2) is 7.82. The van der Waals surface area contributed by atoms with E-state index >= 15 is 0 Å². The Kier molecular flexibility index (Phi) is 5.08. The van der Waals surface area contributed by atoms with Crippen LogP contribution in [-0.2, 0) is 13.1 Å². The quantitative estimate of drug-likeness (QED) is 0.489. The van der Waals surface area contributed by atoms with Crippen molar-refractivity contribution >= 4 is 0 Å². The van der Waals surface area contributed by atoms with Gasteiger partial charge in [-0.2, -0.15) is 5.10 Å². The summed E-state index contributed by atoms with van der Waals surface area (Å²) in [7, 11) is 2.09. The van der Waals surface area contributed by atoms with E-state index in [1.165, 1.54) is 5.56 Å². The molecule has 2 aromatic heterocycles. The van der Waals surface area contributed by atoms with E-state index in [4.69, 9.17) is 9.62 Å². The Morgan fingerprint density at radius 2 is 1.61 bits per heavy atom. The average Bonchev–Trinajstić information content (AvgIpc) is 3.29. The number of para-hydroxylation sites is 1. The lowest BCUT2D eigenvalue weighted by molar-refractivity contribution is 0.266. The molecule has 0 spiro atoms. The van der Waals surface area contributed by atoms with Crippen LogP contribution in [0.5, 0.6) is 0 Å². The number of aromatic nitrogens is 3. The molecule has 0 aliphatic heterocycles. The summed E-state index contributed by atoms with van der Waals surface area (Å²) in [6.07, 6.45) is 0. The van der Waals surface area contributed by atoms with Gasteiger partial charge in [-0.25, -0.2) is 4.68 Å². The Labute approximate surface area is 165 Å². The largest absolute Gasteiger partial charge is 0.359 e. The van der Waals surface area contributed by atoms with Gasteiger partial charge >= 0.3 is 0 Å². The predicted molar refractivity (Wildman–Crippen MR) is 110 cm³/mol. The van der Waals surface area contributed by atoms with Gasteiger partial charge in [0, 0.05) is 29.4 Å². The highest BCUT2D eigenvalue weighted by molar-refractivity contribution is 5.58. The van der Waals surface area contributed by atoms with Gasteiger partial charge in [0.2, 0.25) is 0 Å². The van der Waals surface area contributed by atoms with Crippen LogP contribution in [0.2, 0.25) is 0 Å². The van der Waals surface area contributed by atoms with Crippen LogP contribution in [0.4, 0.5) is 0 Å². The predicted octanol–water partition coefficient (Wildman–Crippen LogP) is 4.78. The summed E-state index contributed by atoms with van der Waals surface area (Å²) >= 11 is 0. The summed E-state index contributed by atoms with van der Waals surface area (Å²) in [6, 6.07) is 22.3. The van der Waals surface area contributed by atoms with E-state index in [0.29, 0.717) is 6.54 Å². The third-order valence-corrected chi connectivity index (χ3v) is 4.92. The summed E-state index contributed by atoms with van der Waals surface area (Å²) in [5.41, 5.74) is 6.48. The Bertz CT molecular complexity index is 1050. The maximum atomic E-state index is 5.55. The zero-order valence-corrected chi connectivity index (χ0v) is 16.5. The molecule has 2 aromatic carbocycles. The fraction of sp³-hybridized carbons (Fsp3) is 0.217. The standard InChI is InChI=1S/C23H24N4O/c1-17-22(18(2)27(24-17)20-12-8-5-9-13-20)16-26(3)15-21-14-23(25-28-21)19-10-6-4-7-11-19/h4-14H,15-16H2,1-3H3. The molecule has 0 aliphatic rings. The van der Waals surface area contributed by atoms with E-state index in [2.05, 4.69) is 43.1 Å². The van der Waals surface area contributed by atoms with E-state index in [9.17, 15) is 0 Å². The first-order valence-corrected chi connectivity index (χ1v) is 9.42. The van der Waals surface area contributed by atoms with Gasteiger partial charge in [-0.1, -0.05) is 53.7 Å². The fourth-order valence-corrected chi connectivity index (χ4v) is 3.45. The molecule has 0 saturated carbocycles. The van der Waals surface area contributed by atoms with Crippen molar-refractivity contribution in [2.75, 3.05) is 7.05 Å². The lowest BCUT2D eigenvalue weighted by Crippen LogP contribution is -2.17. The van der Waals surface area contributed by atoms with Gasteiger partial charge in [-0.3, -0.25) is 4.90 Å². The second-order valence-electron chi connectivity index (χ2n) is 7.11. The van der Waals surface area contributed by atoms with Crippen molar-refractivity contribution < 1.29 is 4.52 Å². The minimum atomic E-state index is 0.690. The molecule has 5 heteroatoms. The molecule has 142 valence electrons. The SMILES string of the molecule is Cc1nn(-c2ccccc2)c(C)c1CN(C)Cc1cc(-c2ccccc2)no1. The van der Waals surface area contributed by atoms with Crippen LogP contribution in [0.1, 0.15) is 22.7 Å². The van der Waals surface area contributed by atoms with Gasteiger partial charge in [0.15, 0.2) is 5.76 Å². The molecule has 5 nitrogen and oxygen atoms in total. The molecule has 0 N–H and O–H groups in total. The molecule has 0 saturated heterocycles. The molecule has 0 aliphatic carbocycles. The molecule has 0 radical (unpaired) electrons. The van der Waals surface area contributed by atoms with Crippen molar-refractivity contribution in [1.82, 2.24) is 19.8 Å². The number of aryl methyl sites for hydroxylation is 1. The molecule has 4 aromatic rings. The normalized spacial score (nSPS) is 11.3. The van der Waals surface area contributed by atoms with Crippen LogP contribution in [0.15, 0.2) is 71.3 Å². The van der Waals surface area contributed by atoms with Crippen LogP contribution in [-0.4, -0.2) is 26.9 Å². The van der Waals surface area contributed by atoms with Crippen LogP contribution >= 0.6 is 0 Å². The van der Waals surface area contributed by atoms with Crippen LogP contribution < -0.4 is 0 Å². The van der Waals surface area contributed by atoms with Crippen molar-refractivity contribution in [2.45, 2.75) is 26.9 Å². The molecule has 0 atom stereocenters. The van der Waals surface area contributed by atoms with E-state index in [1.54, 1.807) is 0 Å². The molecule has 0 fully saturated rings. The molecule has 2 heterocycles. The van der Waals surface area contributed by atoms with E-state index in [1.807, 2.05) is 59.3 Å². The zero-order valence-electron chi connectivity index (χ0n) is 16.5. The Morgan fingerprint density at radius 1 is 0.929 bits per heavy atom. The summed E-state index contributed by atoms with van der Waals surface area (Å²) in [5.74, 6) is 0.854. The Hall–Kier alpha value is -3.18. The maximum absolute atomic E-state index is 5.55. The van der Waals surface area contributed by atoms with E-state index < -0.39 is 0 Å². The molecular weight excluding hydrogens is 348 g/mol. The van der Waals surface area contributed by atoms with Gasteiger partial charge < -0.3 is 4.52 Å². The average molecular weight is 372 g/mol. The first-order chi connectivity index (χ1) is 13.6. The molecular formula is C23H24N4O. The van der Waals surface area contributed by atoms with E-state index in [-0.39, 0.29) is 0 Å². The molecule has 4 rings (SSSR count). The molecule has 28 heavy (non-hydrogen) atoms. The topological polar surface area (TPSA) is 47.1 Å². The summed E-state index contributed by atoms with van der Waals surface area (Å²) < 4.78 is 7.56. The molecule has 0 bridgehead atoms. The lowest BCUT2D eigenvalue weighted by Gasteiger charge is -2.15. The van der Waals surface area contributed by atoms with E-state index in [0.717, 1.165) is 40.6 Å². The van der Waals surface area contributed by atoms with Crippen molar-refractivity contribution in [3.63, 3.8) is 0 Å². The highest BCUT2D eigenvalue weighted by atomic mass is 16.5. The van der Waals surface area contributed by atoms with Gasteiger partial charge in [0.25, 0.3) is 0 Å². The highest BCUT2D eigenvalue weighted by Gasteiger charge is 2.16. The summed E-state index contributed by atoms with van der Waals surface area (Å²) in [4.78, 5) is 2.22. The van der Waals surface area contributed by atoms with Crippen LogP contribution in [0, 0.1) is 13.8 Å². The van der Waals surface area contributed by atoms with Crippen molar-refractivity contribution in [1.29, 1.82) is 0 Å². The minimum Gasteiger partial charge on any atom is -0.359 e. The van der Waals surface area contributed by atoms with Crippen molar-refractivity contribution in [3.05, 3.63) is 89.4 Å². The van der Waals surface area contributed by atoms with Gasteiger partial charge in [0.1, 0.15) is 5.69 Å². The summed E-state index contributed by atoms with van der Waals surface area (Å²) in [5, 5.41) is 8.95. The number of hydrogen-bond donors (Lipinski definition) is 0. The third-order valence-electron chi connectivity index (χ3n) is 4.92. The van der Waals surface area contributed by atoms with Crippen LogP contribution in [0.25, 0.3) is 16.9 Å². The lowest BCUT2D eigenvalue weighted by atomic mass is 10.1. The number of benzene rings is 2. The van der Waals surface area contributed by atoms with Gasteiger partial charge in [-0.05, 0) is 33.0 Å². The maximum Gasteiger partial charge on any atom is 0.151 e. The highest BCUT2D eigenvalue weighted by Crippen LogP contribution is 2.22. The zero-order chi connectivity index (χ0) is 19.5. The number of nitrogens with zero attached hydrogens (tertiary/aromatic N) is 4. The minimum absolute atomic E-state index is 0.690. The van der Waals surface area contributed by atoms with Crippen LogP contribution in [0.3, 0.4) is 0 Å². The first-order valence-electron chi connectivity index (χ1n) is 9.42. The number of rotatable bonds is 6. The Balaban J connectivity index is 1.48. The number of hydrogen-bond acceptors (Lipinski definition) is 4. The van der Waals surface area contributed by atoms with Gasteiger partial charge in [0.05, 0.1) is 17.9 Å². The fourth-order valence-electron chi connectivity index (χ4n) is 3.45. The molecule has 0 unspecified atom stereocenters. The molecule has 0 amide bonds. The second-order valence-corrected chi connectivity index (χ2v) is 7.11. The first kappa shape index (κ1) is 18.2. The Morgan fingerprint density at radius 3 is 2.32 bits per heavy atom. The van der Waals surface area contributed by atoms with Crippen molar-refractivity contribution in [2.24, 2.45) is 0 Å². The third kappa shape index (κ3) is 3.75. The van der Waals surface area contributed by atoms with Crippen molar-refractivity contribution in [3.8, 4) is 16.9 Å². The summed E-state index contributed by atoms with van der Waals surface area (Å²) in [6.45, 7) is 5.68. The smallest absolute Gasteiger partial charge is 0.151 e.